The molecule has 3 heteroatoms. The standard InChI is InChI=1S/C17H29NO2/c1-7-17(8-2,19-6)16(18-5)14-9-11-15(12-10-14)20-13(3)4/h9-13,16,18H,7-8H2,1-6H3. The fourth-order valence-electron chi connectivity index (χ4n) is 2.81. The van der Waals surface area contributed by atoms with Crippen molar-refractivity contribution < 1.29 is 9.47 Å². The highest BCUT2D eigenvalue weighted by molar-refractivity contribution is 5.31. The van der Waals surface area contributed by atoms with Gasteiger partial charge in [0.25, 0.3) is 0 Å². The average molecular weight is 279 g/mol. The smallest absolute Gasteiger partial charge is 0.119 e. The summed E-state index contributed by atoms with van der Waals surface area (Å²) in [6, 6.07) is 8.49. The normalized spacial score (nSPS) is 13.6. The van der Waals surface area contributed by atoms with Crippen LogP contribution in [0.4, 0.5) is 0 Å². The Hall–Kier alpha value is -1.06. The van der Waals surface area contributed by atoms with Crippen LogP contribution < -0.4 is 10.1 Å². The number of nitrogens with one attached hydrogen (secondary N) is 1. The largest absolute Gasteiger partial charge is 0.491 e. The van der Waals surface area contributed by atoms with Gasteiger partial charge in [0.05, 0.1) is 17.7 Å². The molecule has 0 fully saturated rings. The Morgan fingerprint density at radius 1 is 1.10 bits per heavy atom. The monoisotopic (exact) mass is 279 g/mol. The van der Waals surface area contributed by atoms with E-state index in [1.807, 2.05) is 33.0 Å². The van der Waals surface area contributed by atoms with E-state index < -0.39 is 0 Å². The first-order valence-corrected chi connectivity index (χ1v) is 7.52. The number of likely N-dealkylation sites (N-methyl/N-ethyl adjacent to an activating group) is 1. The molecule has 0 bridgehead atoms. The van der Waals surface area contributed by atoms with E-state index in [1.165, 1.54) is 5.56 Å². The maximum absolute atomic E-state index is 5.84. The lowest BCUT2D eigenvalue weighted by atomic mass is 9.84. The molecule has 0 aliphatic rings. The number of rotatable bonds is 8. The van der Waals surface area contributed by atoms with Crippen molar-refractivity contribution in [2.75, 3.05) is 14.2 Å². The molecule has 0 aliphatic carbocycles. The molecule has 114 valence electrons. The molecule has 0 radical (unpaired) electrons. The minimum absolute atomic E-state index is 0.171. The molecule has 0 aliphatic heterocycles. The predicted molar refractivity (Wildman–Crippen MR) is 84.3 cm³/mol. The molecule has 1 N–H and O–H groups in total. The molecule has 1 rings (SSSR count). The summed E-state index contributed by atoms with van der Waals surface area (Å²) in [5.74, 6) is 0.912. The van der Waals surface area contributed by atoms with Gasteiger partial charge in [-0.3, -0.25) is 0 Å². The molecule has 0 spiro atoms. The van der Waals surface area contributed by atoms with E-state index in [2.05, 4.69) is 31.3 Å². The van der Waals surface area contributed by atoms with Gasteiger partial charge in [0, 0.05) is 7.11 Å². The Morgan fingerprint density at radius 3 is 2.00 bits per heavy atom. The Morgan fingerprint density at radius 2 is 1.65 bits per heavy atom. The first-order chi connectivity index (χ1) is 9.52. The van der Waals surface area contributed by atoms with Crippen molar-refractivity contribution in [1.82, 2.24) is 5.32 Å². The maximum Gasteiger partial charge on any atom is 0.119 e. The van der Waals surface area contributed by atoms with E-state index in [-0.39, 0.29) is 17.7 Å². The fourth-order valence-corrected chi connectivity index (χ4v) is 2.81. The van der Waals surface area contributed by atoms with Gasteiger partial charge in [-0.2, -0.15) is 0 Å². The number of hydrogen-bond acceptors (Lipinski definition) is 3. The van der Waals surface area contributed by atoms with E-state index in [0.717, 1.165) is 18.6 Å². The summed E-state index contributed by atoms with van der Waals surface area (Å²) in [5, 5.41) is 3.41. The van der Waals surface area contributed by atoms with Gasteiger partial charge in [0.15, 0.2) is 0 Å². The molecule has 20 heavy (non-hydrogen) atoms. The Labute approximate surface area is 123 Å². The molecule has 3 nitrogen and oxygen atoms in total. The first-order valence-electron chi connectivity index (χ1n) is 7.52. The average Bonchev–Trinajstić information content (AvgIpc) is 2.45. The third-order valence-electron chi connectivity index (χ3n) is 4.00. The zero-order valence-electron chi connectivity index (χ0n) is 13.7. The molecule has 0 saturated carbocycles. The van der Waals surface area contributed by atoms with Crippen molar-refractivity contribution in [3.8, 4) is 5.75 Å². The predicted octanol–water partition coefficient (Wildman–Crippen LogP) is 3.94. The van der Waals surface area contributed by atoms with Crippen molar-refractivity contribution in [1.29, 1.82) is 0 Å². The van der Waals surface area contributed by atoms with Crippen LogP contribution >= 0.6 is 0 Å². The summed E-state index contributed by atoms with van der Waals surface area (Å²) in [6.07, 6.45) is 2.14. The molecule has 0 aromatic heterocycles. The van der Waals surface area contributed by atoms with Crippen molar-refractivity contribution >= 4 is 0 Å². The Balaban J connectivity index is 3.00. The highest BCUT2D eigenvalue weighted by atomic mass is 16.5. The van der Waals surface area contributed by atoms with Gasteiger partial charge < -0.3 is 14.8 Å². The topological polar surface area (TPSA) is 30.5 Å². The highest BCUT2D eigenvalue weighted by Gasteiger charge is 2.35. The fraction of sp³-hybridized carbons (Fsp3) is 0.647. The Bertz CT molecular complexity index is 374. The molecule has 0 saturated heterocycles. The van der Waals surface area contributed by atoms with Crippen molar-refractivity contribution in [3.05, 3.63) is 29.8 Å². The van der Waals surface area contributed by atoms with Crippen LogP contribution in [-0.4, -0.2) is 25.9 Å². The van der Waals surface area contributed by atoms with E-state index in [4.69, 9.17) is 9.47 Å². The van der Waals surface area contributed by atoms with Crippen LogP contribution in [0.15, 0.2) is 24.3 Å². The lowest BCUT2D eigenvalue weighted by molar-refractivity contribution is -0.0468. The summed E-state index contributed by atoms with van der Waals surface area (Å²) in [4.78, 5) is 0. The van der Waals surface area contributed by atoms with Gasteiger partial charge in [0.2, 0.25) is 0 Å². The summed E-state index contributed by atoms with van der Waals surface area (Å²) >= 11 is 0. The zero-order chi connectivity index (χ0) is 15.2. The summed E-state index contributed by atoms with van der Waals surface area (Å²) in [5.41, 5.74) is 1.06. The second kappa shape index (κ2) is 7.65. The lowest BCUT2D eigenvalue weighted by Gasteiger charge is -2.38. The van der Waals surface area contributed by atoms with Crippen molar-refractivity contribution in [2.45, 2.75) is 58.3 Å². The summed E-state index contributed by atoms with van der Waals surface area (Å²) in [6.45, 7) is 8.42. The van der Waals surface area contributed by atoms with Crippen LogP contribution in [-0.2, 0) is 4.74 Å². The van der Waals surface area contributed by atoms with Crippen LogP contribution in [0.25, 0.3) is 0 Å². The van der Waals surface area contributed by atoms with Gasteiger partial charge in [-0.15, -0.1) is 0 Å². The van der Waals surface area contributed by atoms with Crippen LogP contribution in [0.2, 0.25) is 0 Å². The van der Waals surface area contributed by atoms with E-state index in [1.54, 1.807) is 7.11 Å². The minimum Gasteiger partial charge on any atom is -0.491 e. The molecule has 0 heterocycles. The van der Waals surface area contributed by atoms with Crippen LogP contribution in [0.1, 0.15) is 52.1 Å². The van der Waals surface area contributed by atoms with Crippen molar-refractivity contribution in [3.63, 3.8) is 0 Å². The van der Waals surface area contributed by atoms with E-state index >= 15 is 0 Å². The number of benzene rings is 1. The number of ether oxygens (including phenoxy) is 2. The van der Waals surface area contributed by atoms with Gasteiger partial charge >= 0.3 is 0 Å². The van der Waals surface area contributed by atoms with E-state index in [9.17, 15) is 0 Å². The number of methoxy groups -OCH3 is 1. The van der Waals surface area contributed by atoms with Gasteiger partial charge in [-0.05, 0) is 51.4 Å². The quantitative estimate of drug-likeness (QED) is 0.782. The molecule has 1 unspecified atom stereocenters. The van der Waals surface area contributed by atoms with Gasteiger partial charge in [-0.1, -0.05) is 26.0 Å². The van der Waals surface area contributed by atoms with Crippen molar-refractivity contribution in [2.24, 2.45) is 0 Å². The van der Waals surface area contributed by atoms with Gasteiger partial charge in [0.1, 0.15) is 5.75 Å². The Kier molecular flexibility index (Phi) is 6.50. The molecule has 1 aromatic carbocycles. The summed E-state index contributed by atoms with van der Waals surface area (Å²) < 4.78 is 11.5. The van der Waals surface area contributed by atoms with Crippen LogP contribution in [0, 0.1) is 0 Å². The lowest BCUT2D eigenvalue weighted by Crippen LogP contribution is -2.43. The second-order valence-corrected chi connectivity index (χ2v) is 5.43. The molecule has 1 atom stereocenters. The van der Waals surface area contributed by atoms with Crippen LogP contribution in [0.3, 0.4) is 0 Å². The minimum atomic E-state index is -0.171. The first kappa shape index (κ1) is 17.0. The highest BCUT2D eigenvalue weighted by Crippen LogP contribution is 2.35. The zero-order valence-corrected chi connectivity index (χ0v) is 13.7. The third kappa shape index (κ3) is 3.74. The SMILES string of the molecule is CCC(CC)(OC)C(NC)c1ccc(OC(C)C)cc1. The molecular formula is C17H29NO2. The molecule has 1 aromatic rings. The second-order valence-electron chi connectivity index (χ2n) is 5.43. The van der Waals surface area contributed by atoms with Gasteiger partial charge in [-0.25, -0.2) is 0 Å². The molecule has 0 amide bonds. The van der Waals surface area contributed by atoms with E-state index in [0.29, 0.717) is 0 Å². The number of hydrogen-bond donors (Lipinski definition) is 1. The maximum atomic E-state index is 5.84. The summed E-state index contributed by atoms with van der Waals surface area (Å²) in [7, 11) is 3.79. The molecular weight excluding hydrogens is 250 g/mol. The third-order valence-corrected chi connectivity index (χ3v) is 4.00. The van der Waals surface area contributed by atoms with Crippen LogP contribution in [0.5, 0.6) is 5.75 Å².